The summed E-state index contributed by atoms with van der Waals surface area (Å²) in [5.41, 5.74) is 1.18. The van der Waals surface area contributed by atoms with Gasteiger partial charge in [0, 0.05) is 17.4 Å². The van der Waals surface area contributed by atoms with Crippen LogP contribution in [-0.4, -0.2) is 19.9 Å². The highest BCUT2D eigenvalue weighted by Gasteiger charge is 2.44. The van der Waals surface area contributed by atoms with Crippen molar-refractivity contribution in [1.29, 1.82) is 0 Å². The second kappa shape index (κ2) is 8.63. The van der Waals surface area contributed by atoms with Crippen molar-refractivity contribution >= 4 is 56.1 Å². The van der Waals surface area contributed by atoms with Crippen LogP contribution < -0.4 is 9.04 Å². The fourth-order valence-electron chi connectivity index (χ4n) is 4.53. The van der Waals surface area contributed by atoms with E-state index in [1.54, 1.807) is 24.3 Å². The number of rotatable bonds is 6. The summed E-state index contributed by atoms with van der Waals surface area (Å²) < 4.78 is 29.5. The van der Waals surface area contributed by atoms with Gasteiger partial charge in [-0.3, -0.25) is 8.86 Å². The van der Waals surface area contributed by atoms with Crippen LogP contribution in [0.4, 0.5) is 5.69 Å². The zero-order chi connectivity index (χ0) is 20.7. The third-order valence-corrected chi connectivity index (χ3v) is 7.80. The zero-order valence-corrected chi connectivity index (χ0v) is 19.3. The first-order chi connectivity index (χ1) is 13.9. The summed E-state index contributed by atoms with van der Waals surface area (Å²) in [6, 6.07) is 8.01. The first-order valence-electron chi connectivity index (χ1n) is 9.32. The van der Waals surface area contributed by atoms with E-state index in [0.717, 1.165) is 24.8 Å². The standard InChI is InChI=1S/C20H20BrCl2NO4S/c21-10-12-6-15(22)20(16(23)7-12)28-14-3-4-19(25)18(9-14)24(29(26)27)17-8-11-1-2-13(17)5-11/h3-4,6-7,9,11,13,17,25H,1-2,5,8,10H2,(H,26,27). The molecule has 0 aromatic heterocycles. The molecule has 2 saturated carbocycles. The Labute approximate surface area is 190 Å². The second-order valence-electron chi connectivity index (χ2n) is 7.57. The van der Waals surface area contributed by atoms with Gasteiger partial charge in [0.1, 0.15) is 11.5 Å². The smallest absolute Gasteiger partial charge is 0.262 e. The van der Waals surface area contributed by atoms with Crippen LogP contribution in [0.5, 0.6) is 17.2 Å². The number of fused-ring (bicyclic) bond motifs is 2. The molecule has 0 amide bonds. The maximum Gasteiger partial charge on any atom is 0.262 e. The summed E-state index contributed by atoms with van der Waals surface area (Å²) in [5.74, 6) is 1.54. The molecule has 0 heterocycles. The Morgan fingerprint density at radius 1 is 1.17 bits per heavy atom. The minimum Gasteiger partial charge on any atom is -0.506 e. The molecule has 2 fully saturated rings. The van der Waals surface area contributed by atoms with E-state index < -0.39 is 11.3 Å². The first kappa shape index (κ1) is 21.2. The molecule has 0 spiro atoms. The lowest BCUT2D eigenvalue weighted by Gasteiger charge is -2.33. The highest BCUT2D eigenvalue weighted by Crippen LogP contribution is 2.49. The minimum atomic E-state index is -2.26. The predicted octanol–water partition coefficient (Wildman–Crippen LogP) is 6.52. The Bertz CT molecular complexity index is 937. The number of benzene rings is 2. The fraction of sp³-hybridized carbons (Fsp3) is 0.400. The molecule has 4 unspecified atom stereocenters. The average Bonchev–Trinajstić information content (AvgIpc) is 3.30. The molecule has 2 aliphatic carbocycles. The van der Waals surface area contributed by atoms with Gasteiger partial charge in [-0.1, -0.05) is 45.6 Å². The van der Waals surface area contributed by atoms with Crippen LogP contribution in [0.2, 0.25) is 10.0 Å². The summed E-state index contributed by atoms with van der Waals surface area (Å²) in [4.78, 5) is 0. The van der Waals surface area contributed by atoms with Crippen molar-refractivity contribution in [2.75, 3.05) is 4.31 Å². The van der Waals surface area contributed by atoms with Gasteiger partial charge in [-0.25, -0.2) is 4.21 Å². The molecule has 4 rings (SSSR count). The number of hydrogen-bond acceptors (Lipinski definition) is 3. The lowest BCUT2D eigenvalue weighted by molar-refractivity contribution is 0.407. The van der Waals surface area contributed by atoms with Crippen molar-refractivity contribution in [3.05, 3.63) is 45.9 Å². The summed E-state index contributed by atoms with van der Waals surface area (Å²) in [7, 11) is 0. The summed E-state index contributed by atoms with van der Waals surface area (Å²) in [5, 5.41) is 11.8. The topological polar surface area (TPSA) is 70.0 Å². The number of anilines is 1. The van der Waals surface area contributed by atoms with Crippen LogP contribution in [0.1, 0.15) is 31.2 Å². The average molecular weight is 521 g/mol. The van der Waals surface area contributed by atoms with Crippen molar-refractivity contribution < 1.29 is 18.6 Å². The van der Waals surface area contributed by atoms with Crippen LogP contribution in [0, 0.1) is 11.8 Å². The van der Waals surface area contributed by atoms with E-state index in [-0.39, 0.29) is 17.5 Å². The first-order valence-corrected chi connectivity index (χ1v) is 12.3. The number of nitrogens with zero attached hydrogens (tertiary/aromatic N) is 1. The molecule has 2 aromatic carbocycles. The van der Waals surface area contributed by atoms with Crippen LogP contribution in [0.3, 0.4) is 0 Å². The maximum absolute atomic E-state index is 12.2. The molecule has 9 heteroatoms. The molecule has 2 N–H and O–H groups in total. The van der Waals surface area contributed by atoms with Gasteiger partial charge in [0.25, 0.3) is 11.3 Å². The maximum atomic E-state index is 12.2. The molecule has 2 aliphatic rings. The molecule has 5 nitrogen and oxygen atoms in total. The van der Waals surface area contributed by atoms with Crippen LogP contribution in [0.15, 0.2) is 30.3 Å². The molecule has 156 valence electrons. The van der Waals surface area contributed by atoms with Crippen LogP contribution in [0.25, 0.3) is 0 Å². The number of hydrogen-bond donors (Lipinski definition) is 2. The largest absolute Gasteiger partial charge is 0.506 e. The van der Waals surface area contributed by atoms with Gasteiger partial charge < -0.3 is 9.84 Å². The third-order valence-electron chi connectivity index (χ3n) is 5.79. The normalized spacial score (nSPS) is 23.9. The van der Waals surface area contributed by atoms with Crippen molar-refractivity contribution in [2.24, 2.45) is 11.8 Å². The van der Waals surface area contributed by atoms with Crippen molar-refractivity contribution in [3.63, 3.8) is 0 Å². The Hall–Kier alpha value is -0.990. The van der Waals surface area contributed by atoms with Crippen LogP contribution in [-0.2, 0) is 16.6 Å². The SMILES string of the molecule is O=S(O)N(c1cc(Oc2c(Cl)cc(CBr)cc2Cl)ccc1O)C1CC2CCC1C2. The van der Waals surface area contributed by atoms with E-state index in [2.05, 4.69) is 15.9 Å². The summed E-state index contributed by atoms with van der Waals surface area (Å²) in [6.45, 7) is 0. The van der Waals surface area contributed by atoms with Gasteiger partial charge in [-0.15, -0.1) is 0 Å². The molecule has 4 atom stereocenters. The number of aromatic hydroxyl groups is 1. The minimum absolute atomic E-state index is 0.0747. The summed E-state index contributed by atoms with van der Waals surface area (Å²) in [6.07, 6.45) is 4.14. The lowest BCUT2D eigenvalue weighted by Crippen LogP contribution is -2.40. The molecule has 29 heavy (non-hydrogen) atoms. The molecule has 0 radical (unpaired) electrons. The quantitative estimate of drug-likeness (QED) is 0.336. The highest BCUT2D eigenvalue weighted by atomic mass is 79.9. The van der Waals surface area contributed by atoms with Crippen molar-refractivity contribution in [2.45, 2.75) is 37.1 Å². The van der Waals surface area contributed by atoms with Crippen molar-refractivity contribution in [1.82, 2.24) is 0 Å². The van der Waals surface area contributed by atoms with Gasteiger partial charge in [-0.05, 0) is 60.9 Å². The van der Waals surface area contributed by atoms with Gasteiger partial charge in [-0.2, -0.15) is 0 Å². The number of alkyl halides is 1. The van der Waals surface area contributed by atoms with Gasteiger partial charge in [0.05, 0.1) is 15.7 Å². The van der Waals surface area contributed by atoms with Crippen molar-refractivity contribution in [3.8, 4) is 17.2 Å². The molecule has 2 bridgehead atoms. The van der Waals surface area contributed by atoms with E-state index in [4.69, 9.17) is 27.9 Å². The zero-order valence-electron chi connectivity index (χ0n) is 15.4. The Morgan fingerprint density at radius 2 is 1.90 bits per heavy atom. The summed E-state index contributed by atoms with van der Waals surface area (Å²) >= 11 is 13.7. The number of phenolic OH excluding ortho intramolecular Hbond substituents is 1. The van der Waals surface area contributed by atoms with Crippen LogP contribution >= 0.6 is 39.1 Å². The fourth-order valence-corrected chi connectivity index (χ4v) is 6.26. The second-order valence-corrected chi connectivity index (χ2v) is 9.80. The van der Waals surface area contributed by atoms with Gasteiger partial charge in [0.2, 0.25) is 0 Å². The highest BCUT2D eigenvalue weighted by molar-refractivity contribution is 9.08. The number of ether oxygens (including phenoxy) is 1. The van der Waals surface area contributed by atoms with E-state index in [1.165, 1.54) is 16.8 Å². The molecular weight excluding hydrogens is 501 g/mol. The predicted molar refractivity (Wildman–Crippen MR) is 120 cm³/mol. The van der Waals surface area contributed by atoms with E-state index in [9.17, 15) is 13.9 Å². The molecule has 0 saturated heterocycles. The number of phenols is 1. The molecular formula is C20H20BrCl2NO4S. The van der Waals surface area contributed by atoms with Gasteiger partial charge >= 0.3 is 0 Å². The molecule has 2 aromatic rings. The monoisotopic (exact) mass is 519 g/mol. The van der Waals surface area contributed by atoms with E-state index in [1.807, 2.05) is 0 Å². The molecule has 0 aliphatic heterocycles. The van der Waals surface area contributed by atoms with E-state index in [0.29, 0.717) is 38.7 Å². The number of halogens is 3. The third kappa shape index (κ3) is 4.26. The Kier molecular flexibility index (Phi) is 6.33. The van der Waals surface area contributed by atoms with E-state index >= 15 is 0 Å². The Morgan fingerprint density at radius 3 is 2.45 bits per heavy atom. The Balaban J connectivity index is 1.66. The lowest BCUT2D eigenvalue weighted by atomic mass is 9.95. The van der Waals surface area contributed by atoms with Gasteiger partial charge in [0.15, 0.2) is 5.75 Å².